The molecule has 0 radical (unpaired) electrons. The average molecular weight is 351 g/mol. The van der Waals surface area contributed by atoms with Crippen molar-refractivity contribution in [3.63, 3.8) is 0 Å². The van der Waals surface area contributed by atoms with Crippen molar-refractivity contribution in [2.75, 3.05) is 5.75 Å². The number of hydrazone groups is 1. The topological polar surface area (TPSA) is 70.0 Å². The summed E-state index contributed by atoms with van der Waals surface area (Å²) in [6.07, 6.45) is 4.09. The van der Waals surface area contributed by atoms with E-state index in [9.17, 15) is 4.79 Å². The number of nitrogens with one attached hydrogen (secondary N) is 1. The van der Waals surface area contributed by atoms with E-state index in [4.69, 9.17) is 4.99 Å². The van der Waals surface area contributed by atoms with Gasteiger partial charge in [0.15, 0.2) is 11.3 Å². The average Bonchev–Trinajstić information content (AvgIpc) is 2.66. The summed E-state index contributed by atoms with van der Waals surface area (Å²) < 4.78 is 0. The third kappa shape index (κ3) is 2.91. The van der Waals surface area contributed by atoms with Crippen LogP contribution in [0.5, 0.6) is 0 Å². The number of pyridine rings is 1. The van der Waals surface area contributed by atoms with Crippen molar-refractivity contribution in [3.05, 3.63) is 64.9 Å². The molecule has 7 heteroatoms. The van der Waals surface area contributed by atoms with Crippen LogP contribution in [0.3, 0.4) is 0 Å². The van der Waals surface area contributed by atoms with Crippen LogP contribution >= 0.6 is 11.8 Å². The van der Waals surface area contributed by atoms with Crippen LogP contribution in [-0.2, 0) is 4.79 Å². The van der Waals surface area contributed by atoms with Crippen LogP contribution in [0.25, 0.3) is 5.70 Å². The number of amidine groups is 1. The standard InChI is InChI=1S/C18H17N5OS/c1-2-11-25-18-21-17(24)15-13-5-3-4-6-14(13)20-16(23(15)22-18)12-7-9-19-10-8-12/h3-10,16H,2,11H2,1H3,(H,21,22,24). The number of carbonyl (C=O) groups excluding carboxylic acids is 1. The third-order valence-corrected chi connectivity index (χ3v) is 5.03. The van der Waals surface area contributed by atoms with E-state index in [0.29, 0.717) is 10.9 Å². The highest BCUT2D eigenvalue weighted by atomic mass is 32.2. The van der Waals surface area contributed by atoms with Gasteiger partial charge in [0.2, 0.25) is 0 Å². The fraction of sp³-hybridized carbons (Fsp3) is 0.222. The first-order chi connectivity index (χ1) is 12.3. The molecule has 0 fully saturated rings. The number of fused-ring (bicyclic) bond motifs is 2. The predicted octanol–water partition coefficient (Wildman–Crippen LogP) is 1.37. The molecule has 1 aromatic heterocycles. The van der Waals surface area contributed by atoms with Gasteiger partial charge in [-0.1, -0.05) is 36.9 Å². The Morgan fingerprint density at radius 1 is 1.20 bits per heavy atom. The second-order valence-electron chi connectivity index (χ2n) is 5.70. The number of hydrogen-bond acceptors (Lipinski definition) is 6. The minimum absolute atomic E-state index is 0.144. The summed E-state index contributed by atoms with van der Waals surface area (Å²) in [5, 5.41) is 11.5. The van der Waals surface area contributed by atoms with Gasteiger partial charge in [-0.05, 0) is 24.6 Å². The van der Waals surface area contributed by atoms with Gasteiger partial charge in [0.25, 0.3) is 5.91 Å². The van der Waals surface area contributed by atoms with Gasteiger partial charge in [0, 0.05) is 28.9 Å². The molecule has 3 heterocycles. The lowest BCUT2D eigenvalue weighted by molar-refractivity contribution is -0.116. The summed E-state index contributed by atoms with van der Waals surface area (Å²) in [7, 11) is 0. The monoisotopic (exact) mass is 351 g/mol. The summed E-state index contributed by atoms with van der Waals surface area (Å²) in [6, 6.07) is 11.5. The summed E-state index contributed by atoms with van der Waals surface area (Å²) in [5.41, 5.74) is 1.48. The van der Waals surface area contributed by atoms with Gasteiger partial charge in [0.05, 0.1) is 5.36 Å². The molecule has 0 saturated heterocycles. The Balaban J connectivity index is 1.90. The minimum atomic E-state index is -0.379. The van der Waals surface area contributed by atoms with Gasteiger partial charge in [0.1, 0.15) is 5.70 Å². The first-order valence-electron chi connectivity index (χ1n) is 8.17. The number of para-hydroxylation sites is 1. The molecule has 0 aliphatic carbocycles. The number of aromatic nitrogens is 1. The van der Waals surface area contributed by atoms with E-state index in [1.54, 1.807) is 29.2 Å². The Morgan fingerprint density at radius 3 is 2.80 bits per heavy atom. The molecule has 1 aromatic carbocycles. The molecule has 25 heavy (non-hydrogen) atoms. The Bertz CT molecular complexity index is 957. The van der Waals surface area contributed by atoms with Crippen LogP contribution < -0.4 is 15.9 Å². The zero-order chi connectivity index (χ0) is 17.2. The second kappa shape index (κ2) is 6.68. The van der Waals surface area contributed by atoms with E-state index in [2.05, 4.69) is 22.3 Å². The summed E-state index contributed by atoms with van der Waals surface area (Å²) in [6.45, 7) is 2.10. The summed E-state index contributed by atoms with van der Waals surface area (Å²) in [5.74, 6) is 0.755. The number of carbonyl (C=O) groups is 1. The van der Waals surface area contributed by atoms with Crippen molar-refractivity contribution < 1.29 is 4.79 Å². The van der Waals surface area contributed by atoms with Gasteiger partial charge >= 0.3 is 0 Å². The number of nitrogens with zero attached hydrogens (tertiary/aromatic N) is 4. The van der Waals surface area contributed by atoms with Crippen molar-refractivity contribution >= 4 is 28.5 Å². The van der Waals surface area contributed by atoms with Crippen LogP contribution in [0.4, 0.5) is 0 Å². The van der Waals surface area contributed by atoms with Gasteiger partial charge in [-0.2, -0.15) is 0 Å². The van der Waals surface area contributed by atoms with E-state index in [1.165, 1.54) is 0 Å². The van der Waals surface area contributed by atoms with E-state index in [0.717, 1.165) is 28.3 Å². The Kier molecular flexibility index (Phi) is 4.23. The maximum atomic E-state index is 12.8. The van der Waals surface area contributed by atoms with Crippen LogP contribution in [0.2, 0.25) is 0 Å². The van der Waals surface area contributed by atoms with Gasteiger partial charge in [-0.25, -0.2) is 5.01 Å². The molecular formula is C18H17N5OS. The highest BCUT2D eigenvalue weighted by Crippen LogP contribution is 2.30. The molecule has 0 bridgehead atoms. The fourth-order valence-corrected chi connectivity index (χ4v) is 3.55. The molecule has 1 unspecified atom stereocenters. The third-order valence-electron chi connectivity index (χ3n) is 3.96. The zero-order valence-electron chi connectivity index (χ0n) is 13.7. The highest BCUT2D eigenvalue weighted by molar-refractivity contribution is 8.13. The number of hydrogen-bond donors (Lipinski definition) is 1. The van der Waals surface area contributed by atoms with Crippen molar-refractivity contribution in [2.45, 2.75) is 19.5 Å². The lowest BCUT2D eigenvalue weighted by atomic mass is 10.1. The van der Waals surface area contributed by atoms with Crippen LogP contribution in [0, 0.1) is 0 Å². The van der Waals surface area contributed by atoms with Gasteiger partial charge < -0.3 is 0 Å². The van der Waals surface area contributed by atoms with Gasteiger partial charge in [-0.15, -0.1) is 5.10 Å². The molecule has 2 aliphatic rings. The lowest BCUT2D eigenvalue weighted by Crippen LogP contribution is -2.50. The molecular weight excluding hydrogens is 334 g/mol. The lowest BCUT2D eigenvalue weighted by Gasteiger charge is -2.34. The molecule has 4 rings (SSSR count). The molecule has 2 aliphatic heterocycles. The van der Waals surface area contributed by atoms with E-state index >= 15 is 0 Å². The number of benzene rings is 1. The number of thioether (sulfide) groups is 1. The highest BCUT2D eigenvalue weighted by Gasteiger charge is 2.34. The quantitative estimate of drug-likeness (QED) is 0.907. The first-order valence-corrected chi connectivity index (χ1v) is 9.15. The van der Waals surface area contributed by atoms with Gasteiger partial charge in [-0.3, -0.25) is 20.1 Å². The van der Waals surface area contributed by atoms with Crippen LogP contribution in [0.15, 0.2) is 58.9 Å². The van der Waals surface area contributed by atoms with E-state index in [1.807, 2.05) is 36.4 Å². The maximum absolute atomic E-state index is 12.8. The van der Waals surface area contributed by atoms with Crippen molar-refractivity contribution in [2.24, 2.45) is 10.1 Å². The fourth-order valence-electron chi connectivity index (χ4n) is 2.84. The Morgan fingerprint density at radius 2 is 2.00 bits per heavy atom. The maximum Gasteiger partial charge on any atom is 0.276 e. The minimum Gasteiger partial charge on any atom is -0.298 e. The van der Waals surface area contributed by atoms with E-state index in [-0.39, 0.29) is 12.1 Å². The van der Waals surface area contributed by atoms with Crippen molar-refractivity contribution in [1.29, 1.82) is 0 Å². The molecule has 126 valence electrons. The van der Waals surface area contributed by atoms with Crippen molar-refractivity contribution in [3.8, 4) is 0 Å². The number of rotatable bonds is 3. The van der Waals surface area contributed by atoms with Crippen LogP contribution in [0.1, 0.15) is 25.1 Å². The zero-order valence-corrected chi connectivity index (χ0v) is 14.5. The summed E-state index contributed by atoms with van der Waals surface area (Å²) >= 11 is 1.54. The van der Waals surface area contributed by atoms with E-state index < -0.39 is 0 Å². The smallest absolute Gasteiger partial charge is 0.276 e. The SMILES string of the molecule is CCCSC1=NN2C(=c3ccccc3=NC2c2ccncc2)C(=O)N1. The normalized spacial score (nSPS) is 18.7. The molecule has 1 N–H and O–H groups in total. The molecule has 1 amide bonds. The summed E-state index contributed by atoms with van der Waals surface area (Å²) in [4.78, 5) is 21.7. The Labute approximate surface area is 149 Å². The first kappa shape index (κ1) is 15.8. The predicted molar refractivity (Wildman–Crippen MR) is 97.8 cm³/mol. The molecule has 0 spiro atoms. The molecule has 6 nitrogen and oxygen atoms in total. The molecule has 2 aromatic rings. The Hall–Kier alpha value is -2.67. The number of amides is 1. The second-order valence-corrected chi connectivity index (χ2v) is 6.79. The van der Waals surface area contributed by atoms with Crippen molar-refractivity contribution in [1.82, 2.24) is 15.3 Å². The largest absolute Gasteiger partial charge is 0.298 e. The van der Waals surface area contributed by atoms with Crippen LogP contribution in [-0.4, -0.2) is 26.8 Å². The molecule has 1 atom stereocenters. The molecule has 0 saturated carbocycles.